The molecule has 42 valence electrons. The standard InChI is InChI=1S/C4H7N3Si/c1-8-4-7-3-5-2-6-7/h2-3H,4H2,1H3. The first-order valence-electron chi connectivity index (χ1n) is 2.40. The maximum Gasteiger partial charge on any atom is 0.137 e. The molecular weight excluding hydrogens is 118 g/mol. The van der Waals surface area contributed by atoms with Crippen LogP contribution in [0.4, 0.5) is 0 Å². The van der Waals surface area contributed by atoms with E-state index >= 15 is 0 Å². The SMILES string of the molecule is C[Si]Cn1cncn1. The fourth-order valence-corrected chi connectivity index (χ4v) is 0.964. The molecule has 1 heterocycles. The molecule has 0 aromatic carbocycles. The molecule has 4 heteroatoms. The fourth-order valence-electron chi connectivity index (χ4n) is 0.476. The molecule has 0 amide bonds. The van der Waals surface area contributed by atoms with Gasteiger partial charge in [0.05, 0.1) is 9.52 Å². The minimum Gasteiger partial charge on any atom is -0.257 e. The van der Waals surface area contributed by atoms with Crippen LogP contribution in [0.5, 0.6) is 0 Å². The molecule has 0 unspecified atom stereocenters. The van der Waals surface area contributed by atoms with Crippen molar-refractivity contribution >= 4 is 9.52 Å². The Balaban J connectivity index is 2.50. The molecule has 0 N–H and O–H groups in total. The van der Waals surface area contributed by atoms with Gasteiger partial charge < -0.3 is 0 Å². The molecular formula is C4H7N3Si. The van der Waals surface area contributed by atoms with Gasteiger partial charge in [0.15, 0.2) is 0 Å². The van der Waals surface area contributed by atoms with Gasteiger partial charge in [0.2, 0.25) is 0 Å². The Morgan fingerprint density at radius 3 is 3.12 bits per heavy atom. The van der Waals surface area contributed by atoms with Crippen molar-refractivity contribution in [1.29, 1.82) is 0 Å². The van der Waals surface area contributed by atoms with Crippen molar-refractivity contribution in [2.75, 3.05) is 0 Å². The highest BCUT2D eigenvalue weighted by molar-refractivity contribution is 6.31. The monoisotopic (exact) mass is 125 g/mol. The van der Waals surface area contributed by atoms with E-state index in [1.807, 2.05) is 4.68 Å². The van der Waals surface area contributed by atoms with Crippen LogP contribution in [0.3, 0.4) is 0 Å². The molecule has 0 fully saturated rings. The molecule has 0 spiro atoms. The third-order valence-corrected chi connectivity index (χ3v) is 1.43. The summed E-state index contributed by atoms with van der Waals surface area (Å²) in [5.41, 5.74) is 0. The normalized spacial score (nSPS) is 9.62. The van der Waals surface area contributed by atoms with Gasteiger partial charge in [0.25, 0.3) is 0 Å². The first kappa shape index (κ1) is 5.49. The van der Waals surface area contributed by atoms with Crippen molar-refractivity contribution in [3.63, 3.8) is 0 Å². The zero-order valence-electron chi connectivity index (χ0n) is 4.70. The lowest BCUT2D eigenvalue weighted by molar-refractivity contribution is 0.737. The lowest BCUT2D eigenvalue weighted by Gasteiger charge is -1.90. The Hall–Kier alpha value is -0.643. The predicted octanol–water partition coefficient (Wildman–Crippen LogP) is -0.0121. The van der Waals surface area contributed by atoms with Gasteiger partial charge in [0.1, 0.15) is 12.7 Å². The van der Waals surface area contributed by atoms with Gasteiger partial charge >= 0.3 is 0 Å². The van der Waals surface area contributed by atoms with Crippen molar-refractivity contribution < 1.29 is 0 Å². The third-order valence-electron chi connectivity index (χ3n) is 0.787. The molecule has 2 radical (unpaired) electrons. The lowest BCUT2D eigenvalue weighted by Crippen LogP contribution is -2.02. The second kappa shape index (κ2) is 2.61. The quantitative estimate of drug-likeness (QED) is 0.520. The molecule has 3 nitrogen and oxygen atoms in total. The molecule has 0 aliphatic rings. The largest absolute Gasteiger partial charge is 0.257 e. The second-order valence-electron chi connectivity index (χ2n) is 1.45. The summed E-state index contributed by atoms with van der Waals surface area (Å²) in [5, 5.41) is 3.92. The van der Waals surface area contributed by atoms with Crippen LogP contribution >= 0.6 is 0 Å². The van der Waals surface area contributed by atoms with Gasteiger partial charge in [-0.3, -0.25) is 4.68 Å². The summed E-state index contributed by atoms with van der Waals surface area (Å²) in [4.78, 5) is 3.80. The van der Waals surface area contributed by atoms with E-state index in [4.69, 9.17) is 0 Å². The molecule has 1 aromatic rings. The average Bonchev–Trinajstić information content (AvgIpc) is 2.19. The van der Waals surface area contributed by atoms with Crippen LogP contribution in [0.15, 0.2) is 12.7 Å². The summed E-state index contributed by atoms with van der Waals surface area (Å²) in [6.07, 6.45) is 4.29. The molecule has 0 saturated heterocycles. The number of rotatable bonds is 2. The second-order valence-corrected chi connectivity index (χ2v) is 2.47. The van der Waals surface area contributed by atoms with E-state index in [-0.39, 0.29) is 0 Å². The maximum atomic E-state index is 3.92. The van der Waals surface area contributed by atoms with E-state index in [1.54, 1.807) is 12.7 Å². The Morgan fingerprint density at radius 1 is 1.75 bits per heavy atom. The summed E-state index contributed by atoms with van der Waals surface area (Å²) < 4.78 is 1.83. The van der Waals surface area contributed by atoms with Gasteiger partial charge in [-0.15, -0.1) is 0 Å². The topological polar surface area (TPSA) is 30.7 Å². The molecule has 0 bridgehead atoms. The van der Waals surface area contributed by atoms with E-state index in [2.05, 4.69) is 16.6 Å². The Labute approximate surface area is 50.6 Å². The van der Waals surface area contributed by atoms with E-state index < -0.39 is 0 Å². The number of hydrogen-bond acceptors (Lipinski definition) is 2. The lowest BCUT2D eigenvalue weighted by atomic mass is 11.2. The van der Waals surface area contributed by atoms with E-state index in [0.717, 1.165) is 15.7 Å². The van der Waals surface area contributed by atoms with Crippen molar-refractivity contribution in [2.45, 2.75) is 12.7 Å². The highest BCUT2D eigenvalue weighted by atomic mass is 28.2. The molecule has 0 saturated carbocycles. The van der Waals surface area contributed by atoms with E-state index in [9.17, 15) is 0 Å². The number of hydrogen-bond donors (Lipinski definition) is 0. The van der Waals surface area contributed by atoms with Gasteiger partial charge in [-0.25, -0.2) is 4.98 Å². The minimum atomic E-state index is 0.913. The molecule has 0 aliphatic heterocycles. The zero-order chi connectivity index (χ0) is 5.82. The Kier molecular flexibility index (Phi) is 1.79. The maximum absolute atomic E-state index is 3.92. The van der Waals surface area contributed by atoms with Gasteiger partial charge in [-0.05, 0) is 0 Å². The van der Waals surface area contributed by atoms with Crippen LogP contribution in [-0.2, 0) is 6.17 Å². The number of aromatic nitrogens is 3. The van der Waals surface area contributed by atoms with Crippen LogP contribution in [-0.4, -0.2) is 24.3 Å². The minimum absolute atomic E-state index is 0.913. The van der Waals surface area contributed by atoms with Crippen LogP contribution in [0.2, 0.25) is 6.55 Å². The van der Waals surface area contributed by atoms with Crippen molar-refractivity contribution in [3.8, 4) is 0 Å². The van der Waals surface area contributed by atoms with Crippen LogP contribution in [0.25, 0.3) is 0 Å². The predicted molar refractivity (Wildman–Crippen MR) is 31.6 cm³/mol. The zero-order valence-corrected chi connectivity index (χ0v) is 5.70. The average molecular weight is 125 g/mol. The van der Waals surface area contributed by atoms with Gasteiger partial charge in [-0.1, -0.05) is 6.55 Å². The summed E-state index contributed by atoms with van der Waals surface area (Å²) in [6.45, 7) is 2.14. The molecule has 1 rings (SSSR count). The number of nitrogens with zero attached hydrogens (tertiary/aromatic N) is 3. The third kappa shape index (κ3) is 1.16. The highest BCUT2D eigenvalue weighted by Gasteiger charge is 1.84. The van der Waals surface area contributed by atoms with Gasteiger partial charge in [-0.2, -0.15) is 5.10 Å². The molecule has 1 aromatic heterocycles. The van der Waals surface area contributed by atoms with Gasteiger partial charge in [0, 0.05) is 6.17 Å². The van der Waals surface area contributed by atoms with Crippen LogP contribution in [0.1, 0.15) is 0 Å². The molecule has 0 atom stereocenters. The summed E-state index contributed by atoms with van der Waals surface area (Å²) >= 11 is 0. The molecule has 8 heavy (non-hydrogen) atoms. The Bertz CT molecular complexity index is 137. The van der Waals surface area contributed by atoms with Crippen LogP contribution in [0, 0.1) is 0 Å². The molecule has 0 aliphatic carbocycles. The van der Waals surface area contributed by atoms with Crippen molar-refractivity contribution in [3.05, 3.63) is 12.7 Å². The summed E-state index contributed by atoms with van der Waals surface area (Å²) in [5.74, 6) is 0. The summed E-state index contributed by atoms with van der Waals surface area (Å²) in [6, 6.07) is 0. The highest BCUT2D eigenvalue weighted by Crippen LogP contribution is 1.75. The first-order chi connectivity index (χ1) is 3.93. The summed E-state index contributed by atoms with van der Waals surface area (Å²) in [7, 11) is 0.913. The van der Waals surface area contributed by atoms with Crippen molar-refractivity contribution in [1.82, 2.24) is 14.8 Å². The fraction of sp³-hybridized carbons (Fsp3) is 0.500. The Morgan fingerprint density at radius 2 is 2.62 bits per heavy atom. The first-order valence-corrected chi connectivity index (χ1v) is 4.11. The van der Waals surface area contributed by atoms with E-state index in [0.29, 0.717) is 0 Å². The van der Waals surface area contributed by atoms with Crippen LogP contribution < -0.4 is 0 Å². The smallest absolute Gasteiger partial charge is 0.137 e. The van der Waals surface area contributed by atoms with E-state index in [1.165, 1.54) is 0 Å². The van der Waals surface area contributed by atoms with Crippen molar-refractivity contribution in [2.24, 2.45) is 0 Å².